The molecule has 3 aromatic carbocycles. The fourth-order valence-electron chi connectivity index (χ4n) is 3.06. The van der Waals surface area contributed by atoms with Crippen LogP contribution in [0.3, 0.4) is 0 Å². The molecule has 0 saturated carbocycles. The predicted octanol–water partition coefficient (Wildman–Crippen LogP) is 6.15. The van der Waals surface area contributed by atoms with Crippen LogP contribution >= 0.6 is 23.2 Å². The summed E-state index contributed by atoms with van der Waals surface area (Å²) in [5, 5.41) is 2.82. The Morgan fingerprint density at radius 1 is 0.971 bits per heavy atom. The van der Waals surface area contributed by atoms with E-state index in [1.54, 1.807) is 25.1 Å². The first kappa shape index (κ1) is 26.0. The molecule has 11 heteroatoms. The fourth-order valence-corrected chi connectivity index (χ4v) is 4.77. The monoisotopic (exact) mass is 530 g/mol. The summed E-state index contributed by atoms with van der Waals surface area (Å²) in [5.74, 6) is -0.810. The van der Waals surface area contributed by atoms with Crippen molar-refractivity contribution < 1.29 is 26.4 Å². The average molecular weight is 531 g/mol. The van der Waals surface area contributed by atoms with Gasteiger partial charge >= 0.3 is 6.18 Å². The first-order chi connectivity index (χ1) is 15.9. The van der Waals surface area contributed by atoms with Crippen LogP contribution in [0.25, 0.3) is 0 Å². The summed E-state index contributed by atoms with van der Waals surface area (Å²) in [6.07, 6.45) is -4.59. The lowest BCUT2D eigenvalue weighted by Gasteiger charge is -2.22. The number of halogens is 5. The quantitative estimate of drug-likeness (QED) is 0.398. The molecule has 0 radical (unpaired) electrons. The van der Waals surface area contributed by atoms with Crippen LogP contribution in [-0.2, 0) is 27.5 Å². The van der Waals surface area contributed by atoms with Crippen molar-refractivity contribution in [3.8, 4) is 0 Å². The molecule has 34 heavy (non-hydrogen) atoms. The number of hydrogen-bond donors (Lipinski definition) is 1. The molecule has 5 nitrogen and oxygen atoms in total. The van der Waals surface area contributed by atoms with Crippen molar-refractivity contribution in [1.82, 2.24) is 4.31 Å². The van der Waals surface area contributed by atoms with Gasteiger partial charge in [-0.3, -0.25) is 4.79 Å². The van der Waals surface area contributed by atoms with Crippen LogP contribution in [0.5, 0.6) is 0 Å². The Hall–Kier alpha value is -2.59. The van der Waals surface area contributed by atoms with Gasteiger partial charge in [0.2, 0.25) is 15.9 Å². The molecule has 0 heterocycles. The molecule has 0 aromatic heterocycles. The molecule has 1 amide bonds. The number of sulfonamides is 1. The number of alkyl halides is 3. The Labute approximate surface area is 205 Å². The molecule has 0 aliphatic rings. The SMILES string of the molecule is Cc1ccc(S(=O)(=O)N(CC(=O)Nc2cccc(C(F)(F)F)c2)Cc2ccc(Cl)c(Cl)c2)cc1. The molecule has 0 aliphatic heterocycles. The van der Waals surface area contributed by atoms with Crippen LogP contribution in [0.1, 0.15) is 16.7 Å². The number of carbonyl (C=O) groups excluding carboxylic acids is 1. The molecule has 0 unspecified atom stereocenters. The highest BCUT2D eigenvalue weighted by atomic mass is 35.5. The summed E-state index contributed by atoms with van der Waals surface area (Å²) in [6, 6.07) is 14.7. The summed E-state index contributed by atoms with van der Waals surface area (Å²) in [7, 11) is -4.14. The Bertz CT molecular complexity index is 1300. The maximum atomic E-state index is 13.3. The van der Waals surface area contributed by atoms with Crippen LogP contribution in [0.15, 0.2) is 71.6 Å². The number of aryl methyl sites for hydroxylation is 1. The Kier molecular flexibility index (Phi) is 7.92. The van der Waals surface area contributed by atoms with E-state index in [9.17, 15) is 26.4 Å². The van der Waals surface area contributed by atoms with Crippen molar-refractivity contribution in [3.05, 3.63) is 93.5 Å². The molecule has 1 N–H and O–H groups in total. The summed E-state index contributed by atoms with van der Waals surface area (Å²) in [5.41, 5.74) is 0.265. The smallest absolute Gasteiger partial charge is 0.325 e. The maximum Gasteiger partial charge on any atom is 0.416 e. The van der Waals surface area contributed by atoms with E-state index in [-0.39, 0.29) is 27.2 Å². The summed E-state index contributed by atoms with van der Waals surface area (Å²) < 4.78 is 66.5. The minimum atomic E-state index is -4.59. The lowest BCUT2D eigenvalue weighted by molar-refractivity contribution is -0.137. The van der Waals surface area contributed by atoms with Crippen molar-refractivity contribution in [2.75, 3.05) is 11.9 Å². The molecule has 3 aromatic rings. The van der Waals surface area contributed by atoms with E-state index >= 15 is 0 Å². The molecule has 0 bridgehead atoms. The standard InChI is InChI=1S/C23H19Cl2F3N2O3S/c1-15-5-8-19(9-6-15)34(32,33)30(13-16-7-10-20(24)21(25)11-16)14-22(31)29-18-4-2-3-17(12-18)23(26,27)28/h2-12H,13-14H2,1H3,(H,29,31). The minimum Gasteiger partial charge on any atom is -0.325 e. The third kappa shape index (κ3) is 6.50. The number of rotatable bonds is 7. The van der Waals surface area contributed by atoms with Gasteiger partial charge in [0.05, 0.1) is 27.0 Å². The third-order valence-corrected chi connectivity index (χ3v) is 7.34. The maximum absolute atomic E-state index is 13.3. The molecule has 180 valence electrons. The van der Waals surface area contributed by atoms with Crippen molar-refractivity contribution in [3.63, 3.8) is 0 Å². The average Bonchev–Trinajstić information content (AvgIpc) is 2.75. The van der Waals surface area contributed by atoms with E-state index in [4.69, 9.17) is 23.2 Å². The first-order valence-corrected chi connectivity index (χ1v) is 12.0. The molecule has 0 aliphatic carbocycles. The number of amides is 1. The van der Waals surface area contributed by atoms with Gasteiger partial charge in [0.15, 0.2) is 0 Å². The van der Waals surface area contributed by atoms with E-state index in [0.717, 1.165) is 28.1 Å². The predicted molar refractivity (Wildman–Crippen MR) is 125 cm³/mol. The summed E-state index contributed by atoms with van der Waals surface area (Å²) >= 11 is 12.0. The van der Waals surface area contributed by atoms with Gasteiger partial charge < -0.3 is 5.32 Å². The topological polar surface area (TPSA) is 66.5 Å². The van der Waals surface area contributed by atoms with Crippen molar-refractivity contribution in [2.45, 2.75) is 24.5 Å². The first-order valence-electron chi connectivity index (χ1n) is 9.84. The van der Waals surface area contributed by atoms with Crippen LogP contribution in [0.4, 0.5) is 18.9 Å². The van der Waals surface area contributed by atoms with E-state index in [0.29, 0.717) is 5.56 Å². The normalized spacial score (nSPS) is 12.1. The Morgan fingerprint density at radius 2 is 1.65 bits per heavy atom. The van der Waals surface area contributed by atoms with Gasteiger partial charge in [0.1, 0.15) is 0 Å². The highest BCUT2D eigenvalue weighted by Crippen LogP contribution is 2.31. The lowest BCUT2D eigenvalue weighted by Crippen LogP contribution is -2.37. The van der Waals surface area contributed by atoms with Crippen molar-refractivity contribution in [1.29, 1.82) is 0 Å². The number of carbonyl (C=O) groups is 1. The van der Waals surface area contributed by atoms with Crippen LogP contribution < -0.4 is 5.32 Å². The van der Waals surface area contributed by atoms with Gasteiger partial charge in [-0.05, 0) is 55.0 Å². The second kappa shape index (κ2) is 10.4. The minimum absolute atomic E-state index is 0.0370. The molecule has 3 rings (SSSR count). The van der Waals surface area contributed by atoms with Crippen LogP contribution in [0, 0.1) is 6.92 Å². The molecular formula is C23H19Cl2F3N2O3S. The third-order valence-electron chi connectivity index (χ3n) is 4.80. The molecule has 0 atom stereocenters. The van der Waals surface area contributed by atoms with Gasteiger partial charge in [-0.25, -0.2) is 8.42 Å². The van der Waals surface area contributed by atoms with Crippen molar-refractivity contribution >= 4 is 44.8 Å². The Balaban J connectivity index is 1.89. The van der Waals surface area contributed by atoms with E-state index in [1.807, 2.05) is 0 Å². The number of benzene rings is 3. The van der Waals surface area contributed by atoms with E-state index < -0.39 is 34.2 Å². The second-order valence-corrected chi connectivity index (χ2v) is 10.2. The van der Waals surface area contributed by atoms with Crippen LogP contribution in [-0.4, -0.2) is 25.2 Å². The second-order valence-electron chi connectivity index (χ2n) is 7.46. The van der Waals surface area contributed by atoms with Crippen LogP contribution in [0.2, 0.25) is 10.0 Å². The largest absolute Gasteiger partial charge is 0.416 e. The Morgan fingerprint density at radius 3 is 2.26 bits per heavy atom. The number of nitrogens with one attached hydrogen (secondary N) is 1. The zero-order valence-corrected chi connectivity index (χ0v) is 20.1. The van der Waals surface area contributed by atoms with Gasteiger partial charge in [-0.2, -0.15) is 17.5 Å². The number of anilines is 1. The zero-order valence-electron chi connectivity index (χ0n) is 17.7. The van der Waals surface area contributed by atoms with E-state index in [1.165, 1.54) is 30.3 Å². The highest BCUT2D eigenvalue weighted by Gasteiger charge is 2.31. The number of nitrogens with zero attached hydrogens (tertiary/aromatic N) is 1. The molecule has 0 fully saturated rings. The molecular weight excluding hydrogens is 512 g/mol. The highest BCUT2D eigenvalue weighted by molar-refractivity contribution is 7.89. The van der Waals surface area contributed by atoms with Gasteiger partial charge in [0, 0.05) is 12.2 Å². The number of hydrogen-bond acceptors (Lipinski definition) is 3. The zero-order chi connectivity index (χ0) is 25.1. The van der Waals surface area contributed by atoms with Crippen molar-refractivity contribution in [2.24, 2.45) is 0 Å². The molecule has 0 saturated heterocycles. The summed E-state index contributed by atoms with van der Waals surface area (Å²) in [4.78, 5) is 12.6. The summed E-state index contributed by atoms with van der Waals surface area (Å²) in [6.45, 7) is 0.933. The van der Waals surface area contributed by atoms with Gasteiger partial charge in [0.25, 0.3) is 0 Å². The lowest BCUT2D eigenvalue weighted by atomic mass is 10.2. The van der Waals surface area contributed by atoms with Gasteiger partial charge in [-0.1, -0.05) is 53.0 Å². The molecule has 0 spiro atoms. The van der Waals surface area contributed by atoms with E-state index in [2.05, 4.69) is 5.32 Å². The fraction of sp³-hybridized carbons (Fsp3) is 0.174. The van der Waals surface area contributed by atoms with Gasteiger partial charge in [-0.15, -0.1) is 0 Å².